The topological polar surface area (TPSA) is 26.3 Å². The Morgan fingerprint density at radius 1 is 1.00 bits per heavy atom. The Morgan fingerprint density at radius 2 is 1.57 bits per heavy atom. The molecule has 0 aromatic heterocycles. The maximum absolute atomic E-state index is 11.9. The van der Waals surface area contributed by atoms with Crippen LogP contribution in [0.4, 0.5) is 0 Å². The molecule has 0 saturated carbocycles. The van der Waals surface area contributed by atoms with Crippen molar-refractivity contribution in [1.29, 1.82) is 0 Å². The van der Waals surface area contributed by atoms with E-state index in [1.165, 1.54) is 44.9 Å². The zero-order chi connectivity index (χ0) is 15.3. The number of hydrogen-bond donors (Lipinski definition) is 1. The molecule has 0 heterocycles. The van der Waals surface area contributed by atoms with Crippen LogP contribution in [-0.4, -0.2) is 5.97 Å². The van der Waals surface area contributed by atoms with Crippen molar-refractivity contribution in [1.82, 2.24) is 0 Å². The van der Waals surface area contributed by atoms with E-state index >= 15 is 0 Å². The number of hydrogen-bond acceptors (Lipinski definition) is 3. The van der Waals surface area contributed by atoms with Crippen LogP contribution in [0.3, 0.4) is 0 Å². The van der Waals surface area contributed by atoms with E-state index in [1.807, 2.05) is 30.3 Å². The summed E-state index contributed by atoms with van der Waals surface area (Å²) in [4.78, 5) is 11.9. The van der Waals surface area contributed by atoms with E-state index in [-0.39, 0.29) is 11.9 Å². The zero-order valence-corrected chi connectivity index (χ0v) is 14.0. The average Bonchev–Trinajstić information content (AvgIpc) is 2.53. The summed E-state index contributed by atoms with van der Waals surface area (Å²) in [6, 6.07) is 9.85. The number of carbonyl (C=O) groups is 1. The van der Waals surface area contributed by atoms with Crippen LogP contribution < -0.4 is 0 Å². The average molecular weight is 308 g/mol. The van der Waals surface area contributed by atoms with Gasteiger partial charge in [0.15, 0.2) is 0 Å². The summed E-state index contributed by atoms with van der Waals surface area (Å²) in [6.45, 7) is 2.24. The molecule has 0 saturated heterocycles. The molecule has 1 aromatic rings. The number of carbonyl (C=O) groups excluding carboxylic acids is 1. The molecule has 1 unspecified atom stereocenters. The van der Waals surface area contributed by atoms with Gasteiger partial charge in [-0.15, -0.1) is 0 Å². The van der Waals surface area contributed by atoms with Gasteiger partial charge in [0.25, 0.3) is 0 Å². The minimum absolute atomic E-state index is 0.177. The van der Waals surface area contributed by atoms with Crippen molar-refractivity contribution in [3.05, 3.63) is 35.9 Å². The first kappa shape index (κ1) is 18.1. The number of benzene rings is 1. The van der Waals surface area contributed by atoms with Crippen molar-refractivity contribution in [3.63, 3.8) is 0 Å². The second kappa shape index (κ2) is 11.7. The number of thiol groups is 1. The molecule has 0 spiro atoms. The Morgan fingerprint density at radius 3 is 2.14 bits per heavy atom. The van der Waals surface area contributed by atoms with Crippen molar-refractivity contribution < 1.29 is 8.98 Å². The van der Waals surface area contributed by atoms with E-state index in [0.29, 0.717) is 0 Å². The Balaban J connectivity index is 2.27. The minimum atomic E-state index is -0.243. The van der Waals surface area contributed by atoms with Crippen LogP contribution >= 0.6 is 12.9 Å². The van der Waals surface area contributed by atoms with Crippen molar-refractivity contribution >= 4 is 18.9 Å². The van der Waals surface area contributed by atoms with Gasteiger partial charge in [-0.25, -0.2) is 0 Å². The molecule has 2 nitrogen and oxygen atoms in total. The third-order valence-corrected chi connectivity index (χ3v) is 4.10. The quantitative estimate of drug-likeness (QED) is 0.323. The molecular formula is C18H28O2S. The molecule has 1 aromatic carbocycles. The predicted octanol–water partition coefficient (Wildman–Crippen LogP) is 5.69. The molecule has 0 bridgehead atoms. The molecule has 0 N–H and O–H groups in total. The van der Waals surface area contributed by atoms with Crippen LogP contribution in [0.1, 0.15) is 76.2 Å². The molecule has 0 aliphatic heterocycles. The van der Waals surface area contributed by atoms with E-state index in [9.17, 15) is 4.79 Å². The van der Waals surface area contributed by atoms with E-state index in [4.69, 9.17) is 0 Å². The SMILES string of the molecule is CCCCCCCCCCC(C(=O)OS)c1ccccc1. The Kier molecular flexibility index (Phi) is 10.1. The van der Waals surface area contributed by atoms with E-state index in [2.05, 4.69) is 24.0 Å². The van der Waals surface area contributed by atoms with E-state index < -0.39 is 0 Å². The summed E-state index contributed by atoms with van der Waals surface area (Å²) in [5.41, 5.74) is 1.03. The molecule has 1 atom stereocenters. The van der Waals surface area contributed by atoms with Gasteiger partial charge < -0.3 is 4.18 Å². The van der Waals surface area contributed by atoms with E-state index in [1.54, 1.807) is 0 Å². The van der Waals surface area contributed by atoms with Gasteiger partial charge in [0.2, 0.25) is 0 Å². The molecule has 0 aliphatic carbocycles. The fourth-order valence-corrected chi connectivity index (χ4v) is 2.78. The predicted molar refractivity (Wildman–Crippen MR) is 91.5 cm³/mol. The van der Waals surface area contributed by atoms with Crippen LogP contribution in [0.2, 0.25) is 0 Å². The lowest BCUT2D eigenvalue weighted by Crippen LogP contribution is -2.12. The minimum Gasteiger partial charge on any atom is -0.394 e. The second-order valence-corrected chi connectivity index (χ2v) is 5.82. The highest BCUT2D eigenvalue weighted by Crippen LogP contribution is 2.24. The smallest absolute Gasteiger partial charge is 0.325 e. The molecule has 0 amide bonds. The van der Waals surface area contributed by atoms with Gasteiger partial charge in [-0.1, -0.05) is 88.6 Å². The third-order valence-electron chi connectivity index (χ3n) is 3.92. The van der Waals surface area contributed by atoms with Crippen molar-refractivity contribution in [2.24, 2.45) is 0 Å². The summed E-state index contributed by atoms with van der Waals surface area (Å²) in [5.74, 6) is -0.420. The highest BCUT2D eigenvalue weighted by atomic mass is 32.1. The fourth-order valence-electron chi connectivity index (χ4n) is 2.65. The highest BCUT2D eigenvalue weighted by Gasteiger charge is 2.20. The van der Waals surface area contributed by atoms with Gasteiger partial charge in [0.1, 0.15) is 0 Å². The van der Waals surface area contributed by atoms with Gasteiger partial charge in [-0.2, -0.15) is 0 Å². The Hall–Kier alpha value is -0.960. The Bertz CT molecular complexity index is 378. The van der Waals surface area contributed by atoms with Crippen molar-refractivity contribution in [3.8, 4) is 0 Å². The summed E-state index contributed by atoms with van der Waals surface area (Å²) in [7, 11) is 0. The van der Waals surface area contributed by atoms with Crippen molar-refractivity contribution in [2.45, 2.75) is 70.6 Å². The van der Waals surface area contributed by atoms with Crippen LogP contribution in [0.5, 0.6) is 0 Å². The molecule has 0 radical (unpaired) electrons. The summed E-state index contributed by atoms with van der Waals surface area (Å²) >= 11 is 3.67. The monoisotopic (exact) mass is 308 g/mol. The standard InChI is InChI=1S/C18H28O2S/c1-2-3-4-5-6-7-8-12-15-17(18(19)20-21)16-13-10-9-11-14-16/h9-11,13-14,17,21H,2-8,12,15H2,1H3. The van der Waals surface area contributed by atoms with Crippen molar-refractivity contribution in [2.75, 3.05) is 0 Å². The van der Waals surface area contributed by atoms with Crippen LogP contribution in [-0.2, 0) is 8.98 Å². The number of rotatable bonds is 11. The molecule has 21 heavy (non-hydrogen) atoms. The first-order chi connectivity index (χ1) is 10.3. The second-order valence-electron chi connectivity index (χ2n) is 5.64. The lowest BCUT2D eigenvalue weighted by atomic mass is 9.93. The van der Waals surface area contributed by atoms with Crippen LogP contribution in [0.25, 0.3) is 0 Å². The maximum atomic E-state index is 11.9. The zero-order valence-electron chi connectivity index (χ0n) is 13.1. The summed E-state index contributed by atoms with van der Waals surface area (Å²) in [6.07, 6.45) is 11.0. The lowest BCUT2D eigenvalue weighted by Gasteiger charge is -2.14. The molecule has 0 aliphatic rings. The first-order valence-electron chi connectivity index (χ1n) is 8.19. The normalized spacial score (nSPS) is 12.1. The lowest BCUT2D eigenvalue weighted by molar-refractivity contribution is -0.134. The molecule has 0 fully saturated rings. The highest BCUT2D eigenvalue weighted by molar-refractivity contribution is 7.75. The van der Waals surface area contributed by atoms with Gasteiger partial charge in [0, 0.05) is 12.9 Å². The number of unbranched alkanes of at least 4 members (excludes halogenated alkanes) is 7. The van der Waals surface area contributed by atoms with Crippen LogP contribution in [0, 0.1) is 0 Å². The van der Waals surface area contributed by atoms with Gasteiger partial charge in [-0.3, -0.25) is 4.79 Å². The third kappa shape index (κ3) is 7.56. The first-order valence-corrected chi connectivity index (χ1v) is 8.56. The summed E-state index contributed by atoms with van der Waals surface area (Å²) in [5, 5.41) is 0. The Labute approximate surface area is 134 Å². The van der Waals surface area contributed by atoms with Gasteiger partial charge in [0.05, 0.1) is 5.92 Å². The largest absolute Gasteiger partial charge is 0.394 e. The van der Waals surface area contributed by atoms with E-state index in [0.717, 1.165) is 18.4 Å². The van der Waals surface area contributed by atoms with Gasteiger partial charge >= 0.3 is 5.97 Å². The fraction of sp³-hybridized carbons (Fsp3) is 0.611. The van der Waals surface area contributed by atoms with Crippen LogP contribution in [0.15, 0.2) is 30.3 Å². The molecular weight excluding hydrogens is 280 g/mol. The maximum Gasteiger partial charge on any atom is 0.325 e. The molecule has 118 valence electrons. The molecule has 1 rings (SSSR count). The molecule has 3 heteroatoms. The summed E-state index contributed by atoms with van der Waals surface area (Å²) < 4.78 is 4.64. The van der Waals surface area contributed by atoms with Gasteiger partial charge in [-0.05, 0) is 12.0 Å².